The second kappa shape index (κ2) is 4.71. The lowest BCUT2D eigenvalue weighted by atomic mass is 9.73. The molecular weight excluding hydrogens is 236 g/mol. The summed E-state index contributed by atoms with van der Waals surface area (Å²) in [4.78, 5) is 0. The number of ether oxygens (including phenoxy) is 1. The molecule has 2 nitrogen and oxygen atoms in total. The zero-order chi connectivity index (χ0) is 13.4. The van der Waals surface area contributed by atoms with Crippen molar-refractivity contribution in [3.8, 4) is 5.75 Å². The van der Waals surface area contributed by atoms with Crippen LogP contribution in [0.4, 0.5) is 0 Å². The molecule has 0 saturated carbocycles. The van der Waals surface area contributed by atoms with Crippen LogP contribution in [0.3, 0.4) is 0 Å². The minimum absolute atomic E-state index is 0.187. The number of benzene rings is 2. The minimum atomic E-state index is -0.496. The van der Waals surface area contributed by atoms with Gasteiger partial charge in [0.05, 0.1) is 13.2 Å². The first-order chi connectivity index (χ1) is 9.20. The van der Waals surface area contributed by atoms with Crippen molar-refractivity contribution in [3.05, 3.63) is 64.7 Å². The Hall–Kier alpha value is -1.80. The molecule has 0 fully saturated rings. The number of methoxy groups -OCH3 is 1. The molecule has 19 heavy (non-hydrogen) atoms. The van der Waals surface area contributed by atoms with Gasteiger partial charge in [-0.25, -0.2) is 0 Å². The van der Waals surface area contributed by atoms with Crippen LogP contribution in [0.15, 0.2) is 42.5 Å². The van der Waals surface area contributed by atoms with Gasteiger partial charge in [-0.1, -0.05) is 35.9 Å². The van der Waals surface area contributed by atoms with Crippen molar-refractivity contribution in [2.75, 3.05) is 7.11 Å². The van der Waals surface area contributed by atoms with Crippen molar-refractivity contribution < 1.29 is 9.84 Å². The predicted molar refractivity (Wildman–Crippen MR) is 75.6 cm³/mol. The molecule has 1 aliphatic rings. The number of aliphatic hydroxyl groups excluding tert-OH is 1. The van der Waals surface area contributed by atoms with Crippen LogP contribution in [0, 0.1) is 6.92 Å². The maximum absolute atomic E-state index is 10.6. The minimum Gasteiger partial charge on any atom is -0.496 e. The Morgan fingerprint density at radius 3 is 2.74 bits per heavy atom. The molecule has 0 saturated heterocycles. The van der Waals surface area contributed by atoms with Crippen LogP contribution in [-0.4, -0.2) is 12.2 Å². The molecule has 0 heterocycles. The molecule has 0 radical (unpaired) electrons. The molecule has 1 N–H and O–H groups in total. The molecule has 2 unspecified atom stereocenters. The van der Waals surface area contributed by atoms with Gasteiger partial charge in [-0.3, -0.25) is 0 Å². The Balaban J connectivity index is 1.94. The van der Waals surface area contributed by atoms with Crippen molar-refractivity contribution in [1.82, 2.24) is 0 Å². The van der Waals surface area contributed by atoms with E-state index in [0.29, 0.717) is 0 Å². The number of fused-ring (bicyclic) bond motifs is 1. The van der Waals surface area contributed by atoms with E-state index >= 15 is 0 Å². The van der Waals surface area contributed by atoms with Gasteiger partial charge < -0.3 is 9.84 Å². The van der Waals surface area contributed by atoms with Crippen molar-refractivity contribution in [1.29, 1.82) is 0 Å². The monoisotopic (exact) mass is 254 g/mol. The van der Waals surface area contributed by atoms with Crippen LogP contribution in [0.25, 0.3) is 0 Å². The average molecular weight is 254 g/mol. The van der Waals surface area contributed by atoms with Crippen molar-refractivity contribution >= 4 is 0 Å². The number of aliphatic hydroxyl groups is 1. The Kier molecular flexibility index (Phi) is 3.03. The van der Waals surface area contributed by atoms with Gasteiger partial charge in [0.1, 0.15) is 5.75 Å². The van der Waals surface area contributed by atoms with Crippen LogP contribution in [0.1, 0.15) is 34.3 Å². The Bertz CT molecular complexity index is 604. The van der Waals surface area contributed by atoms with E-state index in [4.69, 9.17) is 4.74 Å². The smallest absolute Gasteiger partial charge is 0.124 e. The van der Waals surface area contributed by atoms with E-state index in [2.05, 4.69) is 18.2 Å². The summed E-state index contributed by atoms with van der Waals surface area (Å²) in [6.07, 6.45) is 0.443. The Morgan fingerprint density at radius 1 is 1.21 bits per heavy atom. The number of hydrogen-bond acceptors (Lipinski definition) is 2. The summed E-state index contributed by atoms with van der Waals surface area (Å²) in [5, 5.41) is 10.6. The molecule has 0 bridgehead atoms. The van der Waals surface area contributed by atoms with E-state index in [1.807, 2.05) is 31.2 Å². The molecule has 3 rings (SSSR count). The second-order valence-corrected chi connectivity index (χ2v) is 5.20. The maximum Gasteiger partial charge on any atom is 0.124 e. The van der Waals surface area contributed by atoms with Gasteiger partial charge in [-0.05, 0) is 36.6 Å². The fourth-order valence-electron chi connectivity index (χ4n) is 2.88. The average Bonchev–Trinajstić information content (AvgIpc) is 2.40. The molecule has 98 valence electrons. The van der Waals surface area contributed by atoms with Crippen molar-refractivity contribution in [2.24, 2.45) is 0 Å². The second-order valence-electron chi connectivity index (χ2n) is 5.20. The molecule has 0 spiro atoms. The van der Waals surface area contributed by atoms with E-state index in [9.17, 15) is 5.11 Å². The Morgan fingerprint density at radius 2 is 2.00 bits per heavy atom. The zero-order valence-corrected chi connectivity index (χ0v) is 11.3. The summed E-state index contributed by atoms with van der Waals surface area (Å²) in [6.45, 7) is 2.03. The van der Waals surface area contributed by atoms with Crippen LogP contribution in [0.2, 0.25) is 0 Å². The van der Waals surface area contributed by atoms with Crippen LogP contribution < -0.4 is 4.74 Å². The molecule has 0 aliphatic heterocycles. The first kappa shape index (κ1) is 12.2. The van der Waals surface area contributed by atoms with Gasteiger partial charge in [0.25, 0.3) is 0 Å². The topological polar surface area (TPSA) is 29.5 Å². The van der Waals surface area contributed by atoms with Crippen LogP contribution in [-0.2, 0) is 6.42 Å². The molecule has 2 aromatic rings. The first-order valence-corrected chi connectivity index (χ1v) is 6.61. The van der Waals surface area contributed by atoms with Gasteiger partial charge in [0.2, 0.25) is 0 Å². The fraction of sp³-hybridized carbons (Fsp3) is 0.294. The van der Waals surface area contributed by atoms with E-state index in [0.717, 1.165) is 23.3 Å². The quantitative estimate of drug-likeness (QED) is 0.910. The van der Waals surface area contributed by atoms with Gasteiger partial charge in [0, 0.05) is 11.5 Å². The third-order valence-electron chi connectivity index (χ3n) is 3.98. The lowest BCUT2D eigenvalue weighted by Crippen LogP contribution is -2.23. The third kappa shape index (κ3) is 2.02. The predicted octanol–water partition coefficient (Wildman–Crippen LogP) is 3.38. The summed E-state index contributed by atoms with van der Waals surface area (Å²) in [5.41, 5.74) is 4.64. The van der Waals surface area contributed by atoms with E-state index in [1.165, 1.54) is 11.1 Å². The van der Waals surface area contributed by atoms with E-state index in [1.54, 1.807) is 7.11 Å². The molecule has 2 aromatic carbocycles. The SMILES string of the molecule is COc1ccc(C)cc1C(O)C1Cc2ccccc21. The van der Waals surface area contributed by atoms with Crippen molar-refractivity contribution in [2.45, 2.75) is 25.4 Å². The van der Waals surface area contributed by atoms with Crippen molar-refractivity contribution in [3.63, 3.8) is 0 Å². The molecule has 0 amide bonds. The molecule has 1 aliphatic carbocycles. The third-order valence-corrected chi connectivity index (χ3v) is 3.98. The normalized spacial score (nSPS) is 18.4. The van der Waals surface area contributed by atoms with Gasteiger partial charge in [-0.2, -0.15) is 0 Å². The first-order valence-electron chi connectivity index (χ1n) is 6.61. The lowest BCUT2D eigenvalue weighted by Gasteiger charge is -2.34. The van der Waals surface area contributed by atoms with E-state index in [-0.39, 0.29) is 5.92 Å². The highest BCUT2D eigenvalue weighted by molar-refractivity contribution is 5.46. The van der Waals surface area contributed by atoms with Gasteiger partial charge >= 0.3 is 0 Å². The fourth-order valence-corrected chi connectivity index (χ4v) is 2.88. The summed E-state index contributed by atoms with van der Waals surface area (Å²) < 4.78 is 5.37. The summed E-state index contributed by atoms with van der Waals surface area (Å²) in [6, 6.07) is 14.3. The van der Waals surface area contributed by atoms with E-state index < -0.39 is 6.10 Å². The highest BCUT2D eigenvalue weighted by atomic mass is 16.5. The standard InChI is InChI=1S/C17H18O2/c1-11-7-8-16(19-2)15(9-11)17(18)14-10-12-5-3-4-6-13(12)14/h3-9,14,17-18H,10H2,1-2H3. The summed E-state index contributed by atoms with van der Waals surface area (Å²) >= 11 is 0. The summed E-state index contributed by atoms with van der Waals surface area (Å²) in [7, 11) is 1.65. The van der Waals surface area contributed by atoms with Gasteiger partial charge in [0.15, 0.2) is 0 Å². The highest BCUT2D eigenvalue weighted by Crippen LogP contribution is 2.45. The largest absolute Gasteiger partial charge is 0.496 e. The van der Waals surface area contributed by atoms with Gasteiger partial charge in [-0.15, -0.1) is 0 Å². The maximum atomic E-state index is 10.6. The van der Waals surface area contributed by atoms with Crippen LogP contribution >= 0.6 is 0 Å². The number of aryl methyl sites for hydroxylation is 1. The molecular formula is C17H18O2. The zero-order valence-electron chi connectivity index (χ0n) is 11.3. The molecule has 2 heteroatoms. The van der Waals surface area contributed by atoms with Crippen LogP contribution in [0.5, 0.6) is 5.75 Å². The molecule has 2 atom stereocenters. The molecule has 0 aromatic heterocycles. The Labute approximate surface area is 113 Å². The number of rotatable bonds is 3. The highest BCUT2D eigenvalue weighted by Gasteiger charge is 2.33. The summed E-state index contributed by atoms with van der Waals surface area (Å²) in [5.74, 6) is 0.953. The number of hydrogen-bond donors (Lipinski definition) is 1. The lowest BCUT2D eigenvalue weighted by molar-refractivity contribution is 0.131.